The second-order valence-electron chi connectivity index (χ2n) is 7.43. The second-order valence-corrected chi connectivity index (χ2v) is 7.43. The lowest BCUT2D eigenvalue weighted by atomic mass is 9.72. The molecule has 0 aliphatic rings. The Balaban J connectivity index is 6.51. The van der Waals surface area contributed by atoms with Gasteiger partial charge in [0.2, 0.25) is 0 Å². The molecular formula is C23H40O8. The van der Waals surface area contributed by atoms with E-state index in [0.717, 1.165) is 12.8 Å². The van der Waals surface area contributed by atoms with Crippen molar-refractivity contribution in [2.75, 3.05) is 26.4 Å². The minimum Gasteiger partial charge on any atom is -0.465 e. The fourth-order valence-electron chi connectivity index (χ4n) is 3.02. The summed E-state index contributed by atoms with van der Waals surface area (Å²) in [5, 5.41) is 0. The molecule has 31 heavy (non-hydrogen) atoms. The van der Waals surface area contributed by atoms with Gasteiger partial charge in [-0.2, -0.15) is 0 Å². The maximum atomic E-state index is 13.3. The molecule has 0 N–H and O–H groups in total. The van der Waals surface area contributed by atoms with Crippen molar-refractivity contribution in [1.29, 1.82) is 0 Å². The molecule has 0 aromatic rings. The Kier molecular flexibility index (Phi) is 15.4. The molecular weight excluding hydrogens is 404 g/mol. The van der Waals surface area contributed by atoms with Crippen molar-refractivity contribution in [3.05, 3.63) is 0 Å². The van der Waals surface area contributed by atoms with Gasteiger partial charge in [-0.15, -0.1) is 0 Å². The van der Waals surface area contributed by atoms with Crippen molar-refractivity contribution in [1.82, 2.24) is 0 Å². The van der Waals surface area contributed by atoms with Crippen LogP contribution in [-0.4, -0.2) is 50.3 Å². The second kappa shape index (κ2) is 16.6. The van der Waals surface area contributed by atoms with Gasteiger partial charge in [0.05, 0.1) is 32.3 Å². The summed E-state index contributed by atoms with van der Waals surface area (Å²) in [4.78, 5) is 52.8. The molecule has 0 radical (unpaired) electrons. The lowest BCUT2D eigenvalue weighted by molar-refractivity contribution is -0.195. The zero-order valence-corrected chi connectivity index (χ0v) is 19.8. The van der Waals surface area contributed by atoms with Gasteiger partial charge in [-0.1, -0.05) is 53.9 Å². The molecule has 0 amide bonds. The predicted molar refractivity (Wildman–Crippen MR) is 115 cm³/mol. The van der Waals surface area contributed by atoms with Crippen molar-refractivity contribution >= 4 is 23.9 Å². The third-order valence-electron chi connectivity index (χ3n) is 4.63. The topological polar surface area (TPSA) is 105 Å². The van der Waals surface area contributed by atoms with E-state index in [4.69, 9.17) is 18.9 Å². The molecule has 0 aliphatic heterocycles. The van der Waals surface area contributed by atoms with E-state index in [1.807, 2.05) is 13.8 Å². The van der Waals surface area contributed by atoms with E-state index in [1.165, 1.54) is 0 Å². The first-order chi connectivity index (χ1) is 14.9. The number of carbonyl (C=O) groups excluding carboxylic acids is 4. The average molecular weight is 445 g/mol. The van der Waals surface area contributed by atoms with E-state index in [0.29, 0.717) is 32.1 Å². The lowest BCUT2D eigenvalue weighted by Crippen LogP contribution is -2.57. The van der Waals surface area contributed by atoms with Crippen LogP contribution in [0.2, 0.25) is 0 Å². The molecule has 1 unspecified atom stereocenters. The summed E-state index contributed by atoms with van der Waals surface area (Å²) in [5.41, 5.74) is -2.54. The molecule has 0 aromatic heterocycles. The van der Waals surface area contributed by atoms with Crippen molar-refractivity contribution < 1.29 is 38.1 Å². The predicted octanol–water partition coefficient (Wildman–Crippen LogP) is 3.98. The van der Waals surface area contributed by atoms with E-state index in [-0.39, 0.29) is 32.8 Å². The maximum absolute atomic E-state index is 13.3. The molecule has 180 valence electrons. The number of carbonyl (C=O) groups is 4. The van der Waals surface area contributed by atoms with Gasteiger partial charge >= 0.3 is 23.9 Å². The Morgan fingerprint density at radius 1 is 0.581 bits per heavy atom. The van der Waals surface area contributed by atoms with Crippen molar-refractivity contribution in [3.8, 4) is 0 Å². The van der Waals surface area contributed by atoms with Crippen LogP contribution < -0.4 is 0 Å². The van der Waals surface area contributed by atoms with Gasteiger partial charge < -0.3 is 18.9 Å². The Hall–Kier alpha value is -2.12. The third kappa shape index (κ3) is 8.50. The van der Waals surface area contributed by atoms with E-state index in [1.54, 1.807) is 20.8 Å². The first-order valence-corrected chi connectivity index (χ1v) is 11.6. The number of esters is 4. The largest absolute Gasteiger partial charge is 0.465 e. The SMILES string of the molecule is CCCCCC(C(=O)OCCC)C(C(=O)OCCC)(C(=O)OCCC)C(=O)OCCC. The van der Waals surface area contributed by atoms with Gasteiger partial charge in [-0.3, -0.25) is 19.2 Å². The monoisotopic (exact) mass is 444 g/mol. The van der Waals surface area contributed by atoms with Crippen LogP contribution in [0, 0.1) is 11.3 Å². The summed E-state index contributed by atoms with van der Waals surface area (Å²) < 4.78 is 21.0. The van der Waals surface area contributed by atoms with Crippen molar-refractivity contribution in [3.63, 3.8) is 0 Å². The molecule has 8 nitrogen and oxygen atoms in total. The van der Waals surface area contributed by atoms with E-state index in [9.17, 15) is 19.2 Å². The van der Waals surface area contributed by atoms with Crippen LogP contribution in [-0.2, 0) is 38.1 Å². The fourth-order valence-corrected chi connectivity index (χ4v) is 3.02. The highest BCUT2D eigenvalue weighted by molar-refractivity contribution is 6.20. The Bertz CT molecular complexity index is 507. The van der Waals surface area contributed by atoms with Crippen LogP contribution >= 0.6 is 0 Å². The van der Waals surface area contributed by atoms with Crippen LogP contribution in [0.4, 0.5) is 0 Å². The number of ether oxygens (including phenoxy) is 4. The molecule has 0 saturated carbocycles. The van der Waals surface area contributed by atoms with Crippen LogP contribution in [0.25, 0.3) is 0 Å². The highest BCUT2D eigenvalue weighted by Gasteiger charge is 2.65. The minimum atomic E-state index is -2.54. The van der Waals surface area contributed by atoms with E-state index >= 15 is 0 Å². The standard InChI is InChI=1S/C23H40O8/c1-6-11-12-13-18(19(24)28-14-7-2)23(20(25)29-15-8-3,21(26)30-16-9-4)22(27)31-17-10-5/h18H,6-17H2,1-5H3. The molecule has 1 atom stereocenters. The number of hydrogen-bond donors (Lipinski definition) is 0. The van der Waals surface area contributed by atoms with Crippen molar-refractivity contribution in [2.45, 2.75) is 86.0 Å². The maximum Gasteiger partial charge on any atom is 0.336 e. The van der Waals surface area contributed by atoms with Gasteiger partial charge in [0.25, 0.3) is 5.41 Å². The summed E-state index contributed by atoms with van der Waals surface area (Å²) in [7, 11) is 0. The Labute approximate surface area is 186 Å². The number of rotatable bonds is 17. The smallest absolute Gasteiger partial charge is 0.336 e. The van der Waals surface area contributed by atoms with Crippen LogP contribution in [0.5, 0.6) is 0 Å². The summed E-state index contributed by atoms with van der Waals surface area (Å²) in [6.45, 7) is 9.26. The van der Waals surface area contributed by atoms with Gasteiger partial charge in [0.1, 0.15) is 0 Å². The molecule has 0 bridgehead atoms. The molecule has 0 aliphatic carbocycles. The molecule has 0 saturated heterocycles. The third-order valence-corrected chi connectivity index (χ3v) is 4.63. The Morgan fingerprint density at radius 2 is 0.968 bits per heavy atom. The van der Waals surface area contributed by atoms with Gasteiger partial charge in [0, 0.05) is 0 Å². The fraction of sp³-hybridized carbons (Fsp3) is 0.826. The summed E-state index contributed by atoms with van der Waals surface area (Å²) in [6, 6.07) is 0. The quantitative estimate of drug-likeness (QED) is 0.144. The van der Waals surface area contributed by atoms with Crippen molar-refractivity contribution in [2.24, 2.45) is 11.3 Å². The number of hydrogen-bond acceptors (Lipinski definition) is 8. The van der Waals surface area contributed by atoms with Gasteiger partial charge in [0.15, 0.2) is 0 Å². The summed E-state index contributed by atoms with van der Waals surface area (Å²) in [5.74, 6) is -5.54. The number of unbranched alkanes of at least 4 members (excludes halogenated alkanes) is 2. The molecule has 0 spiro atoms. The zero-order chi connectivity index (χ0) is 23.7. The Morgan fingerprint density at radius 3 is 1.32 bits per heavy atom. The highest BCUT2D eigenvalue weighted by Crippen LogP contribution is 2.38. The molecule has 0 rings (SSSR count). The molecule has 0 fully saturated rings. The van der Waals surface area contributed by atoms with E-state index in [2.05, 4.69) is 0 Å². The van der Waals surface area contributed by atoms with Crippen LogP contribution in [0.1, 0.15) is 86.0 Å². The lowest BCUT2D eigenvalue weighted by Gasteiger charge is -2.33. The molecule has 0 heterocycles. The van der Waals surface area contributed by atoms with E-state index < -0.39 is 35.2 Å². The molecule has 8 heteroatoms. The summed E-state index contributed by atoms with van der Waals surface area (Å²) in [6.07, 6.45) is 4.23. The first-order valence-electron chi connectivity index (χ1n) is 11.6. The first kappa shape index (κ1) is 28.9. The zero-order valence-electron chi connectivity index (χ0n) is 19.8. The van der Waals surface area contributed by atoms with Gasteiger partial charge in [-0.05, 0) is 32.1 Å². The van der Waals surface area contributed by atoms with Crippen LogP contribution in [0.15, 0.2) is 0 Å². The summed E-state index contributed by atoms with van der Waals surface area (Å²) >= 11 is 0. The molecule has 0 aromatic carbocycles. The normalized spacial score (nSPS) is 12.0. The highest BCUT2D eigenvalue weighted by atomic mass is 16.6. The van der Waals surface area contributed by atoms with Crippen LogP contribution in [0.3, 0.4) is 0 Å². The minimum absolute atomic E-state index is 0.00557. The average Bonchev–Trinajstić information content (AvgIpc) is 2.77. The van der Waals surface area contributed by atoms with Gasteiger partial charge in [-0.25, -0.2) is 0 Å².